The summed E-state index contributed by atoms with van der Waals surface area (Å²) in [6, 6.07) is 6.82. The first kappa shape index (κ1) is 17.5. The second-order valence-electron chi connectivity index (χ2n) is 6.14. The molecule has 0 spiro atoms. The largest absolute Gasteiger partial charge is 0.294 e. The van der Waals surface area contributed by atoms with Gasteiger partial charge in [0.15, 0.2) is 11.6 Å². The van der Waals surface area contributed by atoms with Crippen LogP contribution in [-0.4, -0.2) is 26.3 Å². The van der Waals surface area contributed by atoms with E-state index in [1.807, 2.05) is 0 Å². The maximum Gasteiger partial charge on any atom is 0.161 e. The molecule has 0 atom stereocenters. The fourth-order valence-electron chi connectivity index (χ4n) is 3.23. The Morgan fingerprint density at radius 2 is 1.81 bits per heavy atom. The molecule has 3 aromatic rings. The highest BCUT2D eigenvalue weighted by Crippen LogP contribution is 2.34. The summed E-state index contributed by atoms with van der Waals surface area (Å²) >= 11 is 6.53. The number of Topliss-reactive ketones (excluding diaryl/α,β-unsaturated/α-hetero) is 1. The van der Waals surface area contributed by atoms with Gasteiger partial charge in [-0.1, -0.05) is 17.7 Å². The van der Waals surface area contributed by atoms with Gasteiger partial charge in [-0.25, -0.2) is 8.78 Å². The van der Waals surface area contributed by atoms with Crippen LogP contribution in [0.15, 0.2) is 35.3 Å². The van der Waals surface area contributed by atoms with Gasteiger partial charge >= 0.3 is 0 Å². The lowest BCUT2D eigenvalue weighted by Crippen LogP contribution is -2.14. The van der Waals surface area contributed by atoms with Crippen molar-refractivity contribution in [2.75, 3.05) is 0 Å². The lowest BCUT2D eigenvalue weighted by Gasteiger charge is -2.16. The monoisotopic (exact) mass is 386 g/mol. The summed E-state index contributed by atoms with van der Waals surface area (Å²) in [7, 11) is 0. The first-order chi connectivity index (χ1) is 12.9. The van der Waals surface area contributed by atoms with E-state index < -0.39 is 11.6 Å². The van der Waals surface area contributed by atoms with Crippen LogP contribution in [0.25, 0.3) is 5.69 Å². The molecule has 0 saturated heterocycles. The molecular weight excluding hydrogens is 374 g/mol. The Hall–Kier alpha value is -2.93. The van der Waals surface area contributed by atoms with Crippen molar-refractivity contribution in [3.8, 4) is 5.69 Å². The van der Waals surface area contributed by atoms with Crippen LogP contribution in [0.2, 0.25) is 5.02 Å². The fourth-order valence-corrected chi connectivity index (χ4v) is 3.61. The summed E-state index contributed by atoms with van der Waals surface area (Å²) in [6.07, 6.45) is 0. The first-order valence-corrected chi connectivity index (χ1v) is 8.52. The summed E-state index contributed by atoms with van der Waals surface area (Å²) in [6.45, 7) is 3.19. The first-order valence-electron chi connectivity index (χ1n) is 8.14. The molecule has 8 heteroatoms. The quantitative estimate of drug-likeness (QED) is 0.624. The van der Waals surface area contributed by atoms with Crippen molar-refractivity contribution < 1.29 is 13.6 Å². The van der Waals surface area contributed by atoms with Gasteiger partial charge in [-0.05, 0) is 38.1 Å². The number of benzene rings is 2. The number of carbonyl (C=O) groups excluding carboxylic acids is 1. The molecule has 0 radical (unpaired) electrons. The number of carbonyl (C=O) groups is 1. The number of nitrogens with zero attached hydrogens (tertiary/aromatic N) is 4. The van der Waals surface area contributed by atoms with E-state index in [9.17, 15) is 13.6 Å². The van der Waals surface area contributed by atoms with E-state index in [1.165, 1.54) is 13.0 Å². The minimum atomic E-state index is -0.765. The maximum absolute atomic E-state index is 14.5. The Kier molecular flexibility index (Phi) is 4.11. The number of hydrogen-bond acceptors (Lipinski definition) is 4. The van der Waals surface area contributed by atoms with Gasteiger partial charge in [0.05, 0.1) is 22.0 Å². The number of halogens is 3. The summed E-state index contributed by atoms with van der Waals surface area (Å²) in [4.78, 5) is 16.4. The predicted octanol–water partition coefficient (Wildman–Crippen LogP) is 4.06. The Labute approximate surface area is 158 Å². The smallest absolute Gasteiger partial charge is 0.161 e. The van der Waals surface area contributed by atoms with Crippen LogP contribution in [0.3, 0.4) is 0 Å². The van der Waals surface area contributed by atoms with Crippen LogP contribution < -0.4 is 0 Å². The van der Waals surface area contributed by atoms with E-state index in [-0.39, 0.29) is 39.8 Å². The maximum atomic E-state index is 14.5. The lowest BCUT2D eigenvalue weighted by atomic mass is 9.96. The molecule has 1 aliphatic rings. The Morgan fingerprint density at radius 3 is 2.48 bits per heavy atom. The van der Waals surface area contributed by atoms with Gasteiger partial charge in [0.2, 0.25) is 0 Å². The van der Waals surface area contributed by atoms with Crippen LogP contribution >= 0.6 is 11.6 Å². The summed E-state index contributed by atoms with van der Waals surface area (Å²) in [5, 5.41) is 8.21. The van der Waals surface area contributed by atoms with Gasteiger partial charge in [-0.3, -0.25) is 14.4 Å². The Balaban J connectivity index is 2.12. The highest BCUT2D eigenvalue weighted by atomic mass is 35.5. The topological polar surface area (TPSA) is 60.1 Å². The van der Waals surface area contributed by atoms with Crippen molar-refractivity contribution in [2.45, 2.75) is 20.4 Å². The predicted molar refractivity (Wildman–Crippen MR) is 96.8 cm³/mol. The van der Waals surface area contributed by atoms with E-state index in [1.54, 1.807) is 23.6 Å². The molecule has 136 valence electrons. The molecule has 5 nitrogen and oxygen atoms in total. The molecule has 27 heavy (non-hydrogen) atoms. The third-order valence-electron chi connectivity index (χ3n) is 4.45. The fraction of sp³-hybridized carbons (Fsp3) is 0.158. The SMILES string of the molecule is CC(=O)c1ccc2c(c1Cl)C(c1c(F)cccc1F)=NCc1nnc(C)n1-2. The molecule has 0 fully saturated rings. The molecule has 0 amide bonds. The van der Waals surface area contributed by atoms with Crippen molar-refractivity contribution in [1.29, 1.82) is 0 Å². The second-order valence-corrected chi connectivity index (χ2v) is 6.52. The number of aliphatic imine (C=N–C) groups is 1. The van der Waals surface area contributed by atoms with Gasteiger partial charge in [-0.15, -0.1) is 10.2 Å². The summed E-state index contributed by atoms with van der Waals surface area (Å²) in [5.41, 5.74) is 0.779. The second kappa shape index (κ2) is 6.35. The van der Waals surface area contributed by atoms with Crippen molar-refractivity contribution in [1.82, 2.24) is 14.8 Å². The normalized spacial score (nSPS) is 12.9. The zero-order valence-electron chi connectivity index (χ0n) is 14.4. The average Bonchev–Trinajstić information content (AvgIpc) is 2.89. The van der Waals surface area contributed by atoms with Crippen LogP contribution in [0.5, 0.6) is 0 Å². The van der Waals surface area contributed by atoms with Crippen molar-refractivity contribution in [3.63, 3.8) is 0 Å². The standard InChI is InChI=1S/C19H13ClF2N4O/c1-9(27)11-6-7-14-17(18(11)20)19(16-12(21)4-3-5-13(16)22)23-8-15-25-24-10(2)26(14)15/h3-7H,8H2,1-2H3. The summed E-state index contributed by atoms with van der Waals surface area (Å²) in [5.74, 6) is -0.714. The summed E-state index contributed by atoms with van der Waals surface area (Å²) < 4.78 is 30.8. The Morgan fingerprint density at radius 1 is 1.11 bits per heavy atom. The van der Waals surface area contributed by atoms with E-state index in [4.69, 9.17) is 11.6 Å². The van der Waals surface area contributed by atoms with E-state index in [2.05, 4.69) is 15.2 Å². The molecule has 1 aromatic heterocycles. The number of aromatic nitrogens is 3. The highest BCUT2D eigenvalue weighted by Gasteiger charge is 2.29. The average molecular weight is 387 g/mol. The molecule has 2 heterocycles. The van der Waals surface area contributed by atoms with Crippen LogP contribution in [0.1, 0.15) is 40.1 Å². The van der Waals surface area contributed by atoms with Crippen molar-refractivity contribution in [2.24, 2.45) is 4.99 Å². The number of ketones is 1. The minimum Gasteiger partial charge on any atom is -0.294 e. The highest BCUT2D eigenvalue weighted by molar-refractivity contribution is 6.39. The van der Waals surface area contributed by atoms with Gasteiger partial charge in [0.25, 0.3) is 0 Å². The molecule has 0 N–H and O–H groups in total. The van der Waals surface area contributed by atoms with Gasteiger partial charge in [0, 0.05) is 11.1 Å². The number of hydrogen-bond donors (Lipinski definition) is 0. The van der Waals surface area contributed by atoms with Crippen molar-refractivity contribution in [3.05, 3.63) is 75.3 Å². The molecule has 4 rings (SSSR count). The number of fused-ring (bicyclic) bond motifs is 3. The number of rotatable bonds is 2. The zero-order valence-corrected chi connectivity index (χ0v) is 15.2. The number of aryl methyl sites for hydroxylation is 1. The third kappa shape index (κ3) is 2.66. The van der Waals surface area contributed by atoms with Crippen LogP contribution in [0.4, 0.5) is 8.78 Å². The molecule has 0 bridgehead atoms. The molecule has 0 saturated carbocycles. The molecular formula is C19H13ClF2N4O. The van der Waals surface area contributed by atoms with Gasteiger partial charge < -0.3 is 0 Å². The molecule has 2 aromatic carbocycles. The van der Waals surface area contributed by atoms with E-state index in [0.717, 1.165) is 12.1 Å². The van der Waals surface area contributed by atoms with Gasteiger partial charge in [-0.2, -0.15) is 0 Å². The lowest BCUT2D eigenvalue weighted by molar-refractivity contribution is 0.101. The molecule has 0 aliphatic carbocycles. The van der Waals surface area contributed by atoms with E-state index >= 15 is 0 Å². The van der Waals surface area contributed by atoms with Crippen LogP contribution in [0, 0.1) is 18.6 Å². The Bertz CT molecular complexity index is 1120. The zero-order chi connectivity index (χ0) is 19.3. The van der Waals surface area contributed by atoms with Crippen molar-refractivity contribution >= 4 is 23.1 Å². The minimum absolute atomic E-state index is 0.0404. The van der Waals surface area contributed by atoms with Gasteiger partial charge in [0.1, 0.15) is 24.0 Å². The van der Waals surface area contributed by atoms with Crippen LogP contribution in [-0.2, 0) is 6.54 Å². The molecule has 1 aliphatic heterocycles. The molecule has 0 unspecified atom stereocenters. The van der Waals surface area contributed by atoms with E-state index in [0.29, 0.717) is 17.3 Å². The third-order valence-corrected chi connectivity index (χ3v) is 4.84.